The number of carbonyl (C=O) groups excluding carboxylic acids is 2. The van der Waals surface area contributed by atoms with Crippen LogP contribution in [0.4, 0.5) is 5.69 Å². The lowest BCUT2D eigenvalue weighted by Crippen LogP contribution is -2.25. The van der Waals surface area contributed by atoms with E-state index in [1.54, 1.807) is 28.8 Å². The molecule has 0 spiro atoms. The Morgan fingerprint density at radius 3 is 2.46 bits per heavy atom. The van der Waals surface area contributed by atoms with Crippen LogP contribution in [0.15, 0.2) is 64.8 Å². The molecule has 0 bridgehead atoms. The van der Waals surface area contributed by atoms with Gasteiger partial charge in [-0.25, -0.2) is 0 Å². The molecule has 0 saturated carbocycles. The maximum atomic E-state index is 12.0. The van der Waals surface area contributed by atoms with Gasteiger partial charge in [-0.1, -0.05) is 36.4 Å². The summed E-state index contributed by atoms with van der Waals surface area (Å²) in [5.74, 6) is -0.748. The zero-order valence-electron chi connectivity index (χ0n) is 15.8. The van der Waals surface area contributed by atoms with E-state index in [0.717, 1.165) is 10.9 Å². The van der Waals surface area contributed by atoms with Crippen molar-refractivity contribution < 1.29 is 14.7 Å². The molecule has 0 aliphatic carbocycles. The summed E-state index contributed by atoms with van der Waals surface area (Å²) in [4.78, 5) is 24.0. The second kappa shape index (κ2) is 8.47. The zero-order chi connectivity index (χ0) is 20.1. The lowest BCUT2D eigenvalue weighted by molar-refractivity contribution is -0.118. The topological polar surface area (TPSA) is 96.0 Å². The highest BCUT2D eigenvalue weighted by Gasteiger charge is 2.18. The predicted molar refractivity (Wildman–Crippen MR) is 107 cm³/mol. The third-order valence-corrected chi connectivity index (χ3v) is 4.30. The SMILES string of the molecule is CC(C)n1c(O)c(N=NC(=O)CCNC(=O)c2ccccc2)c2ccccc21. The number of para-hydroxylation sites is 1. The summed E-state index contributed by atoms with van der Waals surface area (Å²) >= 11 is 0. The van der Waals surface area contributed by atoms with Gasteiger partial charge in [-0.05, 0) is 32.0 Å². The summed E-state index contributed by atoms with van der Waals surface area (Å²) in [6.45, 7) is 4.06. The maximum absolute atomic E-state index is 12.0. The second-order valence-electron chi connectivity index (χ2n) is 6.62. The molecule has 7 nitrogen and oxygen atoms in total. The van der Waals surface area contributed by atoms with Gasteiger partial charge >= 0.3 is 0 Å². The van der Waals surface area contributed by atoms with Crippen LogP contribution >= 0.6 is 0 Å². The van der Waals surface area contributed by atoms with Gasteiger partial charge in [-0.15, -0.1) is 10.2 Å². The quantitative estimate of drug-likeness (QED) is 0.624. The molecule has 0 atom stereocenters. The van der Waals surface area contributed by atoms with Crippen LogP contribution in [0.5, 0.6) is 5.88 Å². The Hall–Kier alpha value is -3.48. The average molecular weight is 378 g/mol. The molecule has 2 N–H and O–H groups in total. The molecule has 144 valence electrons. The van der Waals surface area contributed by atoms with E-state index in [1.807, 2.05) is 44.2 Å². The molecule has 0 fully saturated rings. The Labute approximate surface area is 162 Å². The number of amides is 2. The molecule has 1 heterocycles. The summed E-state index contributed by atoms with van der Waals surface area (Å²) in [6.07, 6.45) is 0.0195. The number of rotatable bonds is 6. The van der Waals surface area contributed by atoms with Crippen LogP contribution in [0, 0.1) is 0 Å². The monoisotopic (exact) mass is 378 g/mol. The summed E-state index contributed by atoms with van der Waals surface area (Å²) in [5.41, 5.74) is 1.63. The van der Waals surface area contributed by atoms with Gasteiger partial charge in [0.05, 0.1) is 5.52 Å². The molecule has 0 aliphatic rings. The highest BCUT2D eigenvalue weighted by Crippen LogP contribution is 2.40. The van der Waals surface area contributed by atoms with Crippen LogP contribution in [0.1, 0.15) is 36.7 Å². The molecule has 0 saturated heterocycles. The Morgan fingerprint density at radius 2 is 1.75 bits per heavy atom. The van der Waals surface area contributed by atoms with E-state index in [0.29, 0.717) is 5.56 Å². The van der Waals surface area contributed by atoms with Crippen molar-refractivity contribution in [1.82, 2.24) is 9.88 Å². The molecule has 3 rings (SSSR count). The van der Waals surface area contributed by atoms with Gasteiger partial charge in [0.1, 0.15) is 0 Å². The molecule has 0 aliphatic heterocycles. The van der Waals surface area contributed by atoms with Crippen molar-refractivity contribution in [2.45, 2.75) is 26.3 Å². The van der Waals surface area contributed by atoms with E-state index < -0.39 is 5.91 Å². The summed E-state index contributed by atoms with van der Waals surface area (Å²) in [5, 5.41) is 21.6. The van der Waals surface area contributed by atoms with E-state index in [9.17, 15) is 14.7 Å². The first-order valence-corrected chi connectivity index (χ1v) is 9.08. The first-order chi connectivity index (χ1) is 13.5. The number of azo groups is 1. The minimum atomic E-state index is -0.478. The number of nitrogens with one attached hydrogen (secondary N) is 1. The first kappa shape index (κ1) is 19.3. The predicted octanol–water partition coefficient (Wildman–Crippen LogP) is 4.36. The van der Waals surface area contributed by atoms with E-state index in [-0.39, 0.29) is 36.5 Å². The average Bonchev–Trinajstić information content (AvgIpc) is 2.98. The molecule has 0 radical (unpaired) electrons. The van der Waals surface area contributed by atoms with Crippen molar-refractivity contribution >= 4 is 28.4 Å². The van der Waals surface area contributed by atoms with Gasteiger partial charge in [0, 0.05) is 30.0 Å². The number of benzene rings is 2. The van der Waals surface area contributed by atoms with E-state index in [2.05, 4.69) is 15.5 Å². The highest BCUT2D eigenvalue weighted by atomic mass is 16.3. The van der Waals surface area contributed by atoms with Gasteiger partial charge in [0.15, 0.2) is 5.69 Å². The van der Waals surface area contributed by atoms with Crippen molar-refractivity contribution in [2.75, 3.05) is 6.54 Å². The number of carbonyl (C=O) groups is 2. The van der Waals surface area contributed by atoms with Crippen molar-refractivity contribution in [3.05, 3.63) is 60.2 Å². The van der Waals surface area contributed by atoms with Crippen LogP contribution in [0.3, 0.4) is 0 Å². The third-order valence-electron chi connectivity index (χ3n) is 4.30. The van der Waals surface area contributed by atoms with Gasteiger partial charge in [0.2, 0.25) is 5.88 Å². The zero-order valence-corrected chi connectivity index (χ0v) is 15.8. The number of fused-ring (bicyclic) bond motifs is 1. The van der Waals surface area contributed by atoms with Gasteiger partial charge in [-0.2, -0.15) is 0 Å². The minimum absolute atomic E-state index is 0.0195. The Bertz CT molecular complexity index is 1020. The third kappa shape index (κ3) is 4.09. The fourth-order valence-corrected chi connectivity index (χ4v) is 2.98. The van der Waals surface area contributed by atoms with Crippen LogP contribution in [-0.2, 0) is 4.79 Å². The maximum Gasteiger partial charge on any atom is 0.266 e. The number of aromatic nitrogens is 1. The lowest BCUT2D eigenvalue weighted by Gasteiger charge is -2.10. The number of hydrogen-bond donors (Lipinski definition) is 2. The molecule has 7 heteroatoms. The number of nitrogens with zero attached hydrogens (tertiary/aromatic N) is 3. The molecule has 1 aromatic heterocycles. The van der Waals surface area contributed by atoms with E-state index >= 15 is 0 Å². The van der Waals surface area contributed by atoms with Gasteiger partial charge in [0.25, 0.3) is 11.8 Å². The van der Waals surface area contributed by atoms with Crippen LogP contribution in [-0.4, -0.2) is 28.0 Å². The Morgan fingerprint density at radius 1 is 1.07 bits per heavy atom. The number of hydrogen-bond acceptors (Lipinski definition) is 4. The van der Waals surface area contributed by atoms with E-state index in [4.69, 9.17) is 0 Å². The fourth-order valence-electron chi connectivity index (χ4n) is 2.98. The standard InChI is InChI=1S/C21H22N4O3/c1-14(2)25-17-11-7-6-10-16(17)19(21(25)28)24-23-18(26)12-13-22-20(27)15-8-4-3-5-9-15/h3-11,14,28H,12-13H2,1-2H3,(H,22,27). The van der Waals surface area contributed by atoms with Crippen molar-refractivity contribution in [2.24, 2.45) is 10.2 Å². The normalized spacial score (nSPS) is 11.4. The van der Waals surface area contributed by atoms with Crippen molar-refractivity contribution in [1.29, 1.82) is 0 Å². The Kier molecular flexibility index (Phi) is 5.84. The van der Waals surface area contributed by atoms with Crippen LogP contribution in [0.25, 0.3) is 10.9 Å². The van der Waals surface area contributed by atoms with Crippen LogP contribution in [0.2, 0.25) is 0 Å². The first-order valence-electron chi connectivity index (χ1n) is 9.08. The van der Waals surface area contributed by atoms with Crippen molar-refractivity contribution in [3.63, 3.8) is 0 Å². The van der Waals surface area contributed by atoms with Gasteiger partial charge < -0.3 is 15.0 Å². The van der Waals surface area contributed by atoms with Crippen LogP contribution < -0.4 is 5.32 Å². The molecule has 2 aromatic carbocycles. The minimum Gasteiger partial charge on any atom is -0.493 e. The molecular weight excluding hydrogens is 356 g/mol. The summed E-state index contributed by atoms with van der Waals surface area (Å²) < 4.78 is 1.74. The molecule has 28 heavy (non-hydrogen) atoms. The van der Waals surface area contributed by atoms with E-state index in [1.165, 1.54) is 0 Å². The molecular formula is C21H22N4O3. The summed E-state index contributed by atoms with van der Waals surface area (Å²) in [6, 6.07) is 16.2. The lowest BCUT2D eigenvalue weighted by atomic mass is 10.2. The number of aromatic hydroxyl groups is 1. The fraction of sp³-hybridized carbons (Fsp3) is 0.238. The second-order valence-corrected chi connectivity index (χ2v) is 6.62. The molecule has 2 amide bonds. The summed E-state index contributed by atoms with van der Waals surface area (Å²) in [7, 11) is 0. The molecule has 3 aromatic rings. The largest absolute Gasteiger partial charge is 0.493 e. The van der Waals surface area contributed by atoms with Gasteiger partial charge in [-0.3, -0.25) is 9.59 Å². The smallest absolute Gasteiger partial charge is 0.266 e. The van der Waals surface area contributed by atoms with Crippen molar-refractivity contribution in [3.8, 4) is 5.88 Å². The molecule has 0 unspecified atom stereocenters. The Balaban J connectivity index is 1.66. The highest BCUT2D eigenvalue weighted by molar-refractivity contribution is 5.96.